The molecular formula is C13H15BrN2OS. The van der Waals surface area contributed by atoms with Gasteiger partial charge in [0.05, 0.1) is 4.47 Å². The van der Waals surface area contributed by atoms with Crippen LogP contribution in [0, 0.1) is 6.92 Å². The summed E-state index contributed by atoms with van der Waals surface area (Å²) in [6, 6.07) is 6.01. The molecule has 0 fully saturated rings. The molecule has 2 aromatic rings. The zero-order valence-corrected chi connectivity index (χ0v) is 12.6. The van der Waals surface area contributed by atoms with E-state index >= 15 is 0 Å². The zero-order chi connectivity index (χ0) is 13.0. The van der Waals surface area contributed by atoms with Gasteiger partial charge in [-0.3, -0.25) is 0 Å². The van der Waals surface area contributed by atoms with Gasteiger partial charge in [0.2, 0.25) is 0 Å². The monoisotopic (exact) mass is 326 g/mol. The van der Waals surface area contributed by atoms with Crippen molar-refractivity contribution in [1.82, 2.24) is 4.98 Å². The Hall–Kier alpha value is -0.910. The van der Waals surface area contributed by atoms with E-state index in [0.29, 0.717) is 13.2 Å². The van der Waals surface area contributed by atoms with Crippen molar-refractivity contribution in [2.75, 3.05) is 6.54 Å². The van der Waals surface area contributed by atoms with Crippen molar-refractivity contribution >= 4 is 27.3 Å². The van der Waals surface area contributed by atoms with Gasteiger partial charge in [-0.2, -0.15) is 0 Å². The molecule has 3 nitrogen and oxygen atoms in total. The van der Waals surface area contributed by atoms with Crippen LogP contribution in [-0.4, -0.2) is 11.5 Å². The highest BCUT2D eigenvalue weighted by molar-refractivity contribution is 9.10. The Morgan fingerprint density at radius 2 is 2.28 bits per heavy atom. The van der Waals surface area contributed by atoms with Crippen LogP contribution in [0.5, 0.6) is 5.75 Å². The largest absolute Gasteiger partial charge is 0.485 e. The number of benzene rings is 1. The number of aromatic nitrogens is 1. The summed E-state index contributed by atoms with van der Waals surface area (Å²) < 4.78 is 6.83. The predicted molar refractivity (Wildman–Crippen MR) is 78.1 cm³/mol. The molecule has 0 spiro atoms. The van der Waals surface area contributed by atoms with E-state index in [1.165, 1.54) is 0 Å². The highest BCUT2D eigenvalue weighted by Gasteiger charge is 2.08. The number of halogens is 1. The molecule has 2 N–H and O–H groups in total. The van der Waals surface area contributed by atoms with Gasteiger partial charge >= 0.3 is 0 Å². The maximum atomic E-state index is 5.87. The van der Waals surface area contributed by atoms with Crippen LogP contribution in [-0.2, 0) is 13.0 Å². The predicted octanol–water partition coefficient (Wildman–Crippen LogP) is 3.29. The fourth-order valence-corrected chi connectivity index (χ4v) is 2.88. The number of thiazole rings is 1. The van der Waals surface area contributed by atoms with Crippen molar-refractivity contribution in [2.45, 2.75) is 20.0 Å². The average molecular weight is 327 g/mol. The van der Waals surface area contributed by atoms with Crippen molar-refractivity contribution in [3.63, 3.8) is 0 Å². The Labute approximate surface area is 119 Å². The van der Waals surface area contributed by atoms with Gasteiger partial charge in [-0.05, 0) is 47.4 Å². The minimum absolute atomic E-state index is 0.499. The third kappa shape index (κ3) is 3.31. The van der Waals surface area contributed by atoms with Gasteiger partial charge in [0, 0.05) is 11.1 Å². The van der Waals surface area contributed by atoms with Gasteiger partial charge in [-0.15, -0.1) is 11.3 Å². The normalized spacial score (nSPS) is 10.6. The molecule has 0 bridgehead atoms. The lowest BCUT2D eigenvalue weighted by Crippen LogP contribution is -2.06. The first-order valence-electron chi connectivity index (χ1n) is 5.72. The topological polar surface area (TPSA) is 48.1 Å². The fourth-order valence-electron chi connectivity index (χ4n) is 1.67. The molecule has 18 heavy (non-hydrogen) atoms. The van der Waals surface area contributed by atoms with Crippen LogP contribution in [0.25, 0.3) is 0 Å². The summed E-state index contributed by atoms with van der Waals surface area (Å²) in [5, 5.41) is 3.02. The maximum Gasteiger partial charge on any atom is 0.140 e. The zero-order valence-electron chi connectivity index (χ0n) is 10.1. The Kier molecular flexibility index (Phi) is 4.74. The lowest BCUT2D eigenvalue weighted by Gasteiger charge is -2.11. The van der Waals surface area contributed by atoms with Crippen LogP contribution in [0.4, 0.5) is 0 Å². The van der Waals surface area contributed by atoms with Crippen LogP contribution < -0.4 is 10.5 Å². The van der Waals surface area contributed by atoms with Gasteiger partial charge in [-0.25, -0.2) is 4.98 Å². The molecule has 0 aliphatic carbocycles. The number of para-hydroxylation sites is 1. The van der Waals surface area contributed by atoms with Crippen LogP contribution in [0.2, 0.25) is 0 Å². The summed E-state index contributed by atoms with van der Waals surface area (Å²) >= 11 is 5.13. The molecule has 0 aliphatic heterocycles. The van der Waals surface area contributed by atoms with E-state index in [2.05, 4.69) is 20.9 Å². The summed E-state index contributed by atoms with van der Waals surface area (Å²) in [7, 11) is 0. The van der Waals surface area contributed by atoms with Crippen molar-refractivity contribution < 1.29 is 4.74 Å². The lowest BCUT2D eigenvalue weighted by atomic mass is 10.1. The molecule has 1 aromatic heterocycles. The van der Waals surface area contributed by atoms with Crippen molar-refractivity contribution in [2.24, 2.45) is 5.73 Å². The molecule has 0 unspecified atom stereocenters. The van der Waals surface area contributed by atoms with E-state index in [1.807, 2.05) is 30.5 Å². The summed E-state index contributed by atoms with van der Waals surface area (Å²) in [4.78, 5) is 4.38. The standard InChI is InChI=1S/C13H15BrN2OS/c1-9-8-18-12(16-9)7-17-13-10(5-6-15)3-2-4-11(13)14/h2-4,8H,5-7,15H2,1H3. The molecule has 0 saturated heterocycles. The number of hydrogen-bond acceptors (Lipinski definition) is 4. The minimum Gasteiger partial charge on any atom is -0.485 e. The number of aryl methyl sites for hydroxylation is 1. The number of rotatable bonds is 5. The highest BCUT2D eigenvalue weighted by Crippen LogP contribution is 2.30. The Balaban J connectivity index is 2.12. The van der Waals surface area contributed by atoms with Gasteiger partial charge in [0.1, 0.15) is 17.4 Å². The molecule has 96 valence electrons. The average Bonchev–Trinajstić information content (AvgIpc) is 2.75. The molecule has 2 rings (SSSR count). The second-order valence-electron chi connectivity index (χ2n) is 3.94. The third-order valence-corrected chi connectivity index (χ3v) is 4.03. The number of nitrogens with two attached hydrogens (primary N) is 1. The lowest BCUT2D eigenvalue weighted by molar-refractivity contribution is 0.300. The molecule has 5 heteroatoms. The van der Waals surface area contributed by atoms with Crippen LogP contribution in [0.1, 0.15) is 16.3 Å². The SMILES string of the molecule is Cc1csc(COc2c(Br)cccc2CCN)n1. The molecule has 0 amide bonds. The van der Waals surface area contributed by atoms with Crippen LogP contribution in [0.3, 0.4) is 0 Å². The van der Waals surface area contributed by atoms with E-state index in [1.54, 1.807) is 11.3 Å². The Bertz CT molecular complexity index is 527. The summed E-state index contributed by atoms with van der Waals surface area (Å²) in [6.45, 7) is 3.10. The van der Waals surface area contributed by atoms with Crippen molar-refractivity contribution in [3.8, 4) is 5.75 Å². The van der Waals surface area contributed by atoms with Gasteiger partial charge in [0.15, 0.2) is 0 Å². The quantitative estimate of drug-likeness (QED) is 0.917. The van der Waals surface area contributed by atoms with E-state index in [9.17, 15) is 0 Å². The van der Waals surface area contributed by atoms with Crippen LogP contribution in [0.15, 0.2) is 28.1 Å². The number of ether oxygens (including phenoxy) is 1. The number of hydrogen-bond donors (Lipinski definition) is 1. The van der Waals surface area contributed by atoms with Gasteiger partial charge < -0.3 is 10.5 Å². The molecule has 0 saturated carbocycles. The molecule has 0 atom stereocenters. The van der Waals surface area contributed by atoms with Gasteiger partial charge in [-0.1, -0.05) is 12.1 Å². The minimum atomic E-state index is 0.499. The summed E-state index contributed by atoms with van der Waals surface area (Å²) in [5.41, 5.74) is 7.77. The molecule has 1 aromatic carbocycles. The van der Waals surface area contributed by atoms with Crippen molar-refractivity contribution in [1.29, 1.82) is 0 Å². The maximum absolute atomic E-state index is 5.87. The smallest absolute Gasteiger partial charge is 0.140 e. The van der Waals surface area contributed by atoms with E-state index < -0.39 is 0 Å². The van der Waals surface area contributed by atoms with Crippen LogP contribution >= 0.6 is 27.3 Å². The summed E-state index contributed by atoms with van der Waals surface area (Å²) in [6.07, 6.45) is 0.811. The first kappa shape index (κ1) is 13.5. The molecule has 0 aliphatic rings. The van der Waals surface area contributed by atoms with E-state index in [4.69, 9.17) is 10.5 Å². The molecule has 1 heterocycles. The first-order valence-corrected chi connectivity index (χ1v) is 7.39. The van der Waals surface area contributed by atoms with Crippen molar-refractivity contribution in [3.05, 3.63) is 44.3 Å². The number of nitrogens with zero attached hydrogens (tertiary/aromatic N) is 1. The summed E-state index contributed by atoms with van der Waals surface area (Å²) in [5.74, 6) is 0.871. The van der Waals surface area contributed by atoms with Gasteiger partial charge in [0.25, 0.3) is 0 Å². The van der Waals surface area contributed by atoms with E-state index in [-0.39, 0.29) is 0 Å². The molecule has 0 radical (unpaired) electrons. The Morgan fingerprint density at radius 1 is 1.44 bits per heavy atom. The fraction of sp³-hybridized carbons (Fsp3) is 0.308. The second kappa shape index (κ2) is 6.31. The highest BCUT2D eigenvalue weighted by atomic mass is 79.9. The Morgan fingerprint density at radius 3 is 2.94 bits per heavy atom. The second-order valence-corrected chi connectivity index (χ2v) is 5.74. The first-order chi connectivity index (χ1) is 8.70. The molecular weight excluding hydrogens is 312 g/mol. The third-order valence-electron chi connectivity index (χ3n) is 2.47. The van der Waals surface area contributed by atoms with E-state index in [0.717, 1.165) is 32.9 Å².